The number of nitrogens with zero attached hydrogens (tertiary/aromatic N) is 2. The van der Waals surface area contributed by atoms with Crippen molar-refractivity contribution in [1.29, 1.82) is 0 Å². The molecular weight excluding hydrogens is 412 g/mol. The average molecular weight is 439 g/mol. The lowest BCUT2D eigenvalue weighted by molar-refractivity contribution is 0.204. The summed E-state index contributed by atoms with van der Waals surface area (Å²) < 4.78 is 32.1. The summed E-state index contributed by atoms with van der Waals surface area (Å²) in [6.07, 6.45) is 0. The van der Waals surface area contributed by atoms with Gasteiger partial charge >= 0.3 is 0 Å². The topological polar surface area (TPSA) is 83.0 Å². The van der Waals surface area contributed by atoms with Crippen LogP contribution in [0.2, 0.25) is 5.02 Å². The van der Waals surface area contributed by atoms with Crippen LogP contribution in [0.15, 0.2) is 58.4 Å². The molecule has 29 heavy (non-hydrogen) atoms. The molecule has 0 spiro atoms. The minimum atomic E-state index is -3.57. The van der Waals surface area contributed by atoms with E-state index in [0.29, 0.717) is 30.7 Å². The zero-order valence-corrected chi connectivity index (χ0v) is 18.4. The number of nitrogens with one attached hydrogen (secondary N) is 2. The molecule has 2 aromatic carbocycles. The Hall–Kier alpha value is -2.13. The Bertz CT molecular complexity index is 918. The van der Waals surface area contributed by atoms with Gasteiger partial charge in [-0.25, -0.2) is 13.1 Å². The Balaban J connectivity index is 1.99. The molecular formula is C20H27ClN4O3S. The van der Waals surface area contributed by atoms with Gasteiger partial charge in [0, 0.05) is 45.9 Å². The molecule has 158 valence electrons. The summed E-state index contributed by atoms with van der Waals surface area (Å²) in [5.41, 5.74) is 1.94. The third-order valence-corrected chi connectivity index (χ3v) is 5.87. The third kappa shape index (κ3) is 7.32. The molecule has 0 unspecified atom stereocenters. The molecule has 7 nitrogen and oxygen atoms in total. The van der Waals surface area contributed by atoms with E-state index < -0.39 is 10.0 Å². The van der Waals surface area contributed by atoms with Crippen molar-refractivity contribution in [1.82, 2.24) is 14.9 Å². The van der Waals surface area contributed by atoms with Gasteiger partial charge in [0.2, 0.25) is 10.0 Å². The number of methoxy groups -OCH3 is 1. The van der Waals surface area contributed by atoms with Crippen molar-refractivity contribution in [2.24, 2.45) is 4.99 Å². The van der Waals surface area contributed by atoms with Crippen LogP contribution in [0.5, 0.6) is 0 Å². The van der Waals surface area contributed by atoms with E-state index in [-0.39, 0.29) is 11.4 Å². The van der Waals surface area contributed by atoms with Gasteiger partial charge in [-0.3, -0.25) is 4.99 Å². The zero-order chi connectivity index (χ0) is 21.3. The van der Waals surface area contributed by atoms with Crippen LogP contribution in [0.3, 0.4) is 0 Å². The molecule has 0 aliphatic carbocycles. The lowest BCUT2D eigenvalue weighted by Gasteiger charge is -2.22. The number of aliphatic imine (C=N–C) groups is 1. The van der Waals surface area contributed by atoms with E-state index in [4.69, 9.17) is 16.3 Å². The first-order valence-electron chi connectivity index (χ1n) is 9.09. The number of ether oxygens (including phenoxy) is 1. The smallest absolute Gasteiger partial charge is 0.240 e. The van der Waals surface area contributed by atoms with Crippen molar-refractivity contribution in [2.75, 3.05) is 34.4 Å². The Morgan fingerprint density at radius 2 is 1.90 bits per heavy atom. The van der Waals surface area contributed by atoms with Gasteiger partial charge in [0.1, 0.15) is 0 Å². The molecule has 0 fully saturated rings. The van der Waals surface area contributed by atoms with Crippen molar-refractivity contribution < 1.29 is 13.2 Å². The van der Waals surface area contributed by atoms with Crippen molar-refractivity contribution >= 4 is 27.6 Å². The fourth-order valence-electron chi connectivity index (χ4n) is 2.69. The van der Waals surface area contributed by atoms with Gasteiger partial charge in [0.15, 0.2) is 5.96 Å². The quantitative estimate of drug-likeness (QED) is 0.357. The largest absolute Gasteiger partial charge is 0.383 e. The second kappa shape index (κ2) is 11.2. The molecule has 9 heteroatoms. The second-order valence-electron chi connectivity index (χ2n) is 6.42. The van der Waals surface area contributed by atoms with E-state index >= 15 is 0 Å². The minimum Gasteiger partial charge on any atom is -0.383 e. The highest BCUT2D eigenvalue weighted by Gasteiger charge is 2.14. The highest BCUT2D eigenvalue weighted by molar-refractivity contribution is 7.89. The molecule has 0 radical (unpaired) electrons. The number of benzene rings is 2. The standard InChI is InChI=1S/C20H27ClN4O3S/c1-22-20(25(2)15-16-7-9-18(21)10-8-16)23-14-17-5-4-6-19(13-17)29(26,27)24-11-12-28-3/h4-10,13,24H,11-12,14-15H2,1-3H3,(H,22,23). The molecule has 0 saturated heterocycles. The van der Waals surface area contributed by atoms with Crippen molar-refractivity contribution in [3.8, 4) is 0 Å². The van der Waals surface area contributed by atoms with Gasteiger partial charge in [-0.15, -0.1) is 0 Å². The first kappa shape index (κ1) is 23.2. The van der Waals surface area contributed by atoms with Crippen LogP contribution in [0.25, 0.3) is 0 Å². The summed E-state index contributed by atoms with van der Waals surface area (Å²) in [7, 11) is 1.60. The second-order valence-corrected chi connectivity index (χ2v) is 8.62. The van der Waals surface area contributed by atoms with E-state index in [1.165, 1.54) is 7.11 Å². The maximum absolute atomic E-state index is 12.4. The van der Waals surface area contributed by atoms with Crippen LogP contribution in [-0.4, -0.2) is 53.6 Å². The van der Waals surface area contributed by atoms with Gasteiger partial charge in [-0.05, 0) is 35.4 Å². The number of rotatable bonds is 9. The molecule has 2 rings (SSSR count). The maximum Gasteiger partial charge on any atom is 0.240 e. The lowest BCUT2D eigenvalue weighted by atomic mass is 10.2. The number of sulfonamides is 1. The Morgan fingerprint density at radius 1 is 1.17 bits per heavy atom. The Kier molecular flexibility index (Phi) is 8.91. The van der Waals surface area contributed by atoms with E-state index in [0.717, 1.165) is 11.1 Å². The van der Waals surface area contributed by atoms with Crippen LogP contribution in [-0.2, 0) is 27.8 Å². The highest BCUT2D eigenvalue weighted by atomic mass is 35.5. The van der Waals surface area contributed by atoms with E-state index in [2.05, 4.69) is 15.0 Å². The Labute approximate surface area is 177 Å². The molecule has 0 saturated carbocycles. The van der Waals surface area contributed by atoms with Gasteiger partial charge in [-0.1, -0.05) is 35.9 Å². The van der Waals surface area contributed by atoms with Gasteiger partial charge < -0.3 is 15.0 Å². The lowest BCUT2D eigenvalue weighted by Crippen LogP contribution is -2.38. The molecule has 0 aromatic heterocycles. The molecule has 2 N–H and O–H groups in total. The number of halogens is 1. The first-order valence-corrected chi connectivity index (χ1v) is 11.0. The fourth-order valence-corrected chi connectivity index (χ4v) is 3.90. The summed E-state index contributed by atoms with van der Waals surface area (Å²) >= 11 is 5.93. The molecule has 2 aromatic rings. The number of guanidine groups is 1. The van der Waals surface area contributed by atoms with Crippen LogP contribution >= 0.6 is 11.6 Å². The van der Waals surface area contributed by atoms with Crippen LogP contribution < -0.4 is 10.0 Å². The van der Waals surface area contributed by atoms with Gasteiger partial charge in [0.25, 0.3) is 0 Å². The van der Waals surface area contributed by atoms with Gasteiger partial charge in [0.05, 0.1) is 11.5 Å². The summed E-state index contributed by atoms with van der Waals surface area (Å²) in [5, 5.41) is 3.96. The number of hydrogen-bond donors (Lipinski definition) is 2. The molecule has 0 aliphatic rings. The molecule has 0 amide bonds. The predicted molar refractivity (Wildman–Crippen MR) is 117 cm³/mol. The minimum absolute atomic E-state index is 0.220. The summed E-state index contributed by atoms with van der Waals surface area (Å²) in [6, 6.07) is 14.5. The molecule has 0 heterocycles. The van der Waals surface area contributed by atoms with Crippen LogP contribution in [0.4, 0.5) is 0 Å². The van der Waals surface area contributed by atoms with Crippen molar-refractivity contribution in [3.63, 3.8) is 0 Å². The van der Waals surface area contributed by atoms with Crippen LogP contribution in [0, 0.1) is 0 Å². The van der Waals surface area contributed by atoms with Crippen LogP contribution in [0.1, 0.15) is 11.1 Å². The molecule has 0 aliphatic heterocycles. The normalized spacial score (nSPS) is 12.1. The highest BCUT2D eigenvalue weighted by Crippen LogP contribution is 2.13. The molecule has 0 atom stereocenters. The maximum atomic E-state index is 12.4. The summed E-state index contributed by atoms with van der Waals surface area (Å²) in [6.45, 7) is 1.65. The monoisotopic (exact) mass is 438 g/mol. The summed E-state index contributed by atoms with van der Waals surface area (Å²) in [5.74, 6) is 0.700. The van der Waals surface area contributed by atoms with Gasteiger partial charge in [-0.2, -0.15) is 0 Å². The van der Waals surface area contributed by atoms with E-state index in [1.54, 1.807) is 25.2 Å². The van der Waals surface area contributed by atoms with E-state index in [1.807, 2.05) is 42.3 Å². The zero-order valence-electron chi connectivity index (χ0n) is 16.9. The molecule has 0 bridgehead atoms. The number of hydrogen-bond acceptors (Lipinski definition) is 4. The summed E-state index contributed by atoms with van der Waals surface area (Å²) in [4.78, 5) is 6.50. The first-order chi connectivity index (χ1) is 13.9. The van der Waals surface area contributed by atoms with Crippen molar-refractivity contribution in [2.45, 2.75) is 18.0 Å². The van der Waals surface area contributed by atoms with Crippen molar-refractivity contribution in [3.05, 3.63) is 64.7 Å². The average Bonchev–Trinajstić information content (AvgIpc) is 2.70. The Morgan fingerprint density at radius 3 is 2.55 bits per heavy atom. The third-order valence-electron chi connectivity index (χ3n) is 4.16. The van der Waals surface area contributed by atoms with E-state index in [9.17, 15) is 8.42 Å². The fraction of sp³-hybridized carbons (Fsp3) is 0.350. The predicted octanol–water partition coefficient (Wildman–Crippen LogP) is 2.47. The SMILES string of the molecule is CN=C(NCc1cccc(S(=O)(=O)NCCOC)c1)N(C)Cc1ccc(Cl)cc1.